The highest BCUT2D eigenvalue weighted by Gasteiger charge is 2.36. The van der Waals surface area contributed by atoms with E-state index >= 15 is 0 Å². The van der Waals surface area contributed by atoms with Crippen LogP contribution in [0.4, 0.5) is 0 Å². The van der Waals surface area contributed by atoms with Gasteiger partial charge >= 0.3 is 5.97 Å². The van der Waals surface area contributed by atoms with Gasteiger partial charge in [0.2, 0.25) is 5.91 Å². The fourth-order valence-electron chi connectivity index (χ4n) is 3.64. The fraction of sp³-hybridized carbons (Fsp3) is 0.556. The summed E-state index contributed by atoms with van der Waals surface area (Å²) < 4.78 is 5.58. The van der Waals surface area contributed by atoms with E-state index in [-0.39, 0.29) is 23.8 Å². The summed E-state index contributed by atoms with van der Waals surface area (Å²) >= 11 is 0. The van der Waals surface area contributed by atoms with Gasteiger partial charge in [-0.05, 0) is 31.2 Å². The largest absolute Gasteiger partial charge is 0.481 e. The molecule has 2 fully saturated rings. The standard InChI is InChI=1S/C18H23NO4/c20-17(14-6-8-15(9-7-14)18(21)22)19-10-11-23-12-16(19)13-4-2-1-3-5-13/h1-5,14-16H,6-12H2,(H,21,22). The van der Waals surface area contributed by atoms with E-state index in [2.05, 4.69) is 0 Å². The predicted octanol–water partition coefficient (Wildman–Crippen LogP) is 2.48. The minimum atomic E-state index is -0.732. The van der Waals surface area contributed by atoms with E-state index in [4.69, 9.17) is 9.84 Å². The van der Waals surface area contributed by atoms with Crippen molar-refractivity contribution in [1.29, 1.82) is 0 Å². The van der Waals surface area contributed by atoms with Gasteiger partial charge in [-0.1, -0.05) is 30.3 Å². The van der Waals surface area contributed by atoms with Gasteiger partial charge in [0.05, 0.1) is 25.2 Å². The van der Waals surface area contributed by atoms with Crippen molar-refractivity contribution in [2.45, 2.75) is 31.7 Å². The van der Waals surface area contributed by atoms with E-state index in [1.54, 1.807) is 0 Å². The van der Waals surface area contributed by atoms with Gasteiger partial charge in [-0.25, -0.2) is 0 Å². The van der Waals surface area contributed by atoms with Gasteiger partial charge < -0.3 is 14.7 Å². The highest BCUT2D eigenvalue weighted by Crippen LogP contribution is 2.33. The highest BCUT2D eigenvalue weighted by atomic mass is 16.5. The minimum absolute atomic E-state index is 0.0327. The van der Waals surface area contributed by atoms with Crippen molar-refractivity contribution in [3.05, 3.63) is 35.9 Å². The number of hydrogen-bond acceptors (Lipinski definition) is 3. The molecule has 1 aliphatic carbocycles. The van der Waals surface area contributed by atoms with Crippen molar-refractivity contribution in [2.75, 3.05) is 19.8 Å². The van der Waals surface area contributed by atoms with Crippen molar-refractivity contribution in [2.24, 2.45) is 11.8 Å². The molecule has 1 aromatic rings. The lowest BCUT2D eigenvalue weighted by Gasteiger charge is -2.39. The van der Waals surface area contributed by atoms with Crippen LogP contribution in [0.25, 0.3) is 0 Å². The van der Waals surface area contributed by atoms with Crippen molar-refractivity contribution in [3.8, 4) is 0 Å². The monoisotopic (exact) mass is 317 g/mol. The minimum Gasteiger partial charge on any atom is -0.481 e. The van der Waals surface area contributed by atoms with E-state index in [1.807, 2.05) is 35.2 Å². The number of carbonyl (C=O) groups is 2. The average Bonchev–Trinajstić information content (AvgIpc) is 2.62. The maximum Gasteiger partial charge on any atom is 0.306 e. The number of carbonyl (C=O) groups excluding carboxylic acids is 1. The van der Waals surface area contributed by atoms with Crippen LogP contribution < -0.4 is 0 Å². The molecule has 1 atom stereocenters. The molecule has 5 nitrogen and oxygen atoms in total. The zero-order valence-corrected chi connectivity index (χ0v) is 13.2. The third-order valence-electron chi connectivity index (χ3n) is 5.02. The Kier molecular flexibility index (Phi) is 4.96. The number of ether oxygens (including phenoxy) is 1. The van der Waals surface area contributed by atoms with Crippen molar-refractivity contribution in [1.82, 2.24) is 4.90 Å². The smallest absolute Gasteiger partial charge is 0.306 e. The summed E-state index contributed by atoms with van der Waals surface area (Å²) in [7, 11) is 0. The molecule has 3 rings (SSSR count). The molecular weight excluding hydrogens is 294 g/mol. The zero-order chi connectivity index (χ0) is 16.2. The van der Waals surface area contributed by atoms with Gasteiger partial charge in [0.1, 0.15) is 0 Å². The number of amides is 1. The molecule has 0 spiro atoms. The zero-order valence-electron chi connectivity index (χ0n) is 13.2. The molecule has 1 heterocycles. The number of carboxylic acid groups (broad SMARTS) is 1. The first-order chi connectivity index (χ1) is 11.2. The summed E-state index contributed by atoms with van der Waals surface area (Å²) in [6.07, 6.45) is 2.56. The molecule has 124 valence electrons. The summed E-state index contributed by atoms with van der Waals surface area (Å²) in [5.41, 5.74) is 1.10. The number of hydrogen-bond donors (Lipinski definition) is 1. The van der Waals surface area contributed by atoms with Gasteiger partial charge in [0.25, 0.3) is 0 Å². The normalized spacial score (nSPS) is 28.3. The second-order valence-electron chi connectivity index (χ2n) is 6.42. The summed E-state index contributed by atoms with van der Waals surface area (Å²) in [4.78, 5) is 25.9. The van der Waals surface area contributed by atoms with Crippen LogP contribution in [0.15, 0.2) is 30.3 Å². The van der Waals surface area contributed by atoms with Crippen molar-refractivity contribution in [3.63, 3.8) is 0 Å². The topological polar surface area (TPSA) is 66.8 Å². The average molecular weight is 317 g/mol. The first kappa shape index (κ1) is 16.0. The molecule has 2 aliphatic rings. The summed E-state index contributed by atoms with van der Waals surface area (Å²) in [6, 6.07) is 9.94. The Balaban J connectivity index is 1.69. The van der Waals surface area contributed by atoms with Crippen LogP contribution in [-0.2, 0) is 14.3 Å². The van der Waals surface area contributed by atoms with Crippen LogP contribution in [0.3, 0.4) is 0 Å². The van der Waals surface area contributed by atoms with E-state index in [1.165, 1.54) is 0 Å². The van der Waals surface area contributed by atoms with Gasteiger partial charge in [0, 0.05) is 12.5 Å². The predicted molar refractivity (Wildman–Crippen MR) is 84.8 cm³/mol. The molecule has 1 aliphatic heterocycles. The molecular formula is C18H23NO4. The number of benzene rings is 1. The summed E-state index contributed by atoms with van der Waals surface area (Å²) in [5.74, 6) is -0.904. The van der Waals surface area contributed by atoms with E-state index in [9.17, 15) is 9.59 Å². The molecule has 0 bridgehead atoms. The van der Waals surface area contributed by atoms with Gasteiger partial charge in [-0.15, -0.1) is 0 Å². The molecule has 1 aromatic carbocycles. The Morgan fingerprint density at radius 2 is 1.70 bits per heavy atom. The number of nitrogens with zero attached hydrogens (tertiary/aromatic N) is 1. The fourth-order valence-corrected chi connectivity index (χ4v) is 3.64. The maximum atomic E-state index is 12.9. The Hall–Kier alpha value is -1.88. The first-order valence-corrected chi connectivity index (χ1v) is 8.33. The van der Waals surface area contributed by atoms with Crippen molar-refractivity contribution < 1.29 is 19.4 Å². The summed E-state index contributed by atoms with van der Waals surface area (Å²) in [5, 5.41) is 9.09. The lowest BCUT2D eigenvalue weighted by molar-refractivity contribution is -0.149. The molecule has 1 unspecified atom stereocenters. The van der Waals surface area contributed by atoms with E-state index in [0.29, 0.717) is 45.4 Å². The third kappa shape index (κ3) is 3.55. The SMILES string of the molecule is O=C(O)C1CCC(C(=O)N2CCOCC2c2ccccc2)CC1. The molecule has 5 heteroatoms. The van der Waals surface area contributed by atoms with Crippen LogP contribution in [0.5, 0.6) is 0 Å². The Morgan fingerprint density at radius 1 is 1.04 bits per heavy atom. The first-order valence-electron chi connectivity index (χ1n) is 8.33. The second kappa shape index (κ2) is 7.13. The van der Waals surface area contributed by atoms with Crippen LogP contribution in [0, 0.1) is 11.8 Å². The molecule has 1 N–H and O–H groups in total. The van der Waals surface area contributed by atoms with Gasteiger partial charge in [-0.3, -0.25) is 9.59 Å². The quantitative estimate of drug-likeness (QED) is 0.930. The molecule has 1 saturated heterocycles. The Morgan fingerprint density at radius 3 is 2.35 bits per heavy atom. The lowest BCUT2D eigenvalue weighted by Crippen LogP contribution is -2.46. The molecule has 1 saturated carbocycles. The van der Waals surface area contributed by atoms with Gasteiger partial charge in [0.15, 0.2) is 0 Å². The van der Waals surface area contributed by atoms with Gasteiger partial charge in [-0.2, -0.15) is 0 Å². The molecule has 0 aromatic heterocycles. The number of aliphatic carboxylic acids is 1. The maximum absolute atomic E-state index is 12.9. The number of carboxylic acids is 1. The van der Waals surface area contributed by atoms with E-state index < -0.39 is 5.97 Å². The van der Waals surface area contributed by atoms with Crippen molar-refractivity contribution >= 4 is 11.9 Å². The van der Waals surface area contributed by atoms with Crippen LogP contribution in [-0.4, -0.2) is 41.6 Å². The lowest BCUT2D eigenvalue weighted by atomic mass is 9.81. The highest BCUT2D eigenvalue weighted by molar-refractivity contribution is 5.80. The Bertz CT molecular complexity index is 551. The molecule has 23 heavy (non-hydrogen) atoms. The number of rotatable bonds is 3. The van der Waals surface area contributed by atoms with Crippen LogP contribution in [0.2, 0.25) is 0 Å². The molecule has 0 radical (unpaired) electrons. The second-order valence-corrected chi connectivity index (χ2v) is 6.42. The van der Waals surface area contributed by atoms with Crippen LogP contribution in [0.1, 0.15) is 37.3 Å². The van der Waals surface area contributed by atoms with Crippen LogP contribution >= 0.6 is 0 Å². The molecule has 1 amide bonds. The van der Waals surface area contributed by atoms with E-state index in [0.717, 1.165) is 5.56 Å². The number of morpholine rings is 1. The third-order valence-corrected chi connectivity index (χ3v) is 5.02. The Labute approximate surface area is 136 Å². The summed E-state index contributed by atoms with van der Waals surface area (Å²) in [6.45, 7) is 1.71.